The van der Waals surface area contributed by atoms with Gasteiger partial charge in [-0.2, -0.15) is 0 Å². The van der Waals surface area contributed by atoms with E-state index in [0.29, 0.717) is 0 Å². The summed E-state index contributed by atoms with van der Waals surface area (Å²) in [5.74, 6) is 0. The molecule has 0 radical (unpaired) electrons. The van der Waals surface area contributed by atoms with Crippen LogP contribution in [0, 0.1) is 0 Å². The first-order valence-corrected chi connectivity index (χ1v) is 7.90. The van der Waals surface area contributed by atoms with Gasteiger partial charge in [-0.15, -0.1) is 0 Å². The van der Waals surface area contributed by atoms with E-state index in [4.69, 9.17) is 4.42 Å². The molecule has 0 saturated carbocycles. The molecule has 1 aromatic heterocycles. The van der Waals surface area contributed by atoms with Gasteiger partial charge in [-0.25, -0.2) is 0 Å². The van der Waals surface area contributed by atoms with E-state index in [0.717, 1.165) is 39.8 Å². The molecule has 0 unspecified atom stereocenters. The molecular formula is C12H4Br4O. The monoisotopic (exact) mass is 480 g/mol. The summed E-state index contributed by atoms with van der Waals surface area (Å²) < 4.78 is 9.85. The van der Waals surface area contributed by atoms with Crippen molar-refractivity contribution in [3.63, 3.8) is 0 Å². The van der Waals surface area contributed by atoms with Gasteiger partial charge in [-0.3, -0.25) is 0 Å². The molecule has 0 fully saturated rings. The van der Waals surface area contributed by atoms with Gasteiger partial charge in [0.2, 0.25) is 0 Å². The largest absolute Gasteiger partial charge is 0.455 e. The van der Waals surface area contributed by atoms with E-state index in [1.165, 1.54) is 0 Å². The number of furan rings is 1. The summed E-state index contributed by atoms with van der Waals surface area (Å²) in [5, 5.41) is 2.17. The number of hydrogen-bond donors (Lipinski definition) is 0. The fraction of sp³-hybridized carbons (Fsp3) is 0. The highest BCUT2D eigenvalue weighted by atomic mass is 79.9. The highest BCUT2D eigenvalue weighted by Gasteiger charge is 2.14. The molecule has 17 heavy (non-hydrogen) atoms. The van der Waals surface area contributed by atoms with Gasteiger partial charge in [-0.1, -0.05) is 31.9 Å². The number of benzene rings is 2. The van der Waals surface area contributed by atoms with Crippen molar-refractivity contribution < 1.29 is 4.42 Å². The molecular weight excluding hydrogens is 480 g/mol. The minimum absolute atomic E-state index is 0.861. The molecule has 0 bridgehead atoms. The fourth-order valence-electron chi connectivity index (χ4n) is 1.85. The average Bonchev–Trinajstić information content (AvgIpc) is 2.56. The van der Waals surface area contributed by atoms with Crippen LogP contribution in [0.1, 0.15) is 0 Å². The lowest BCUT2D eigenvalue weighted by Gasteiger charge is -1.96. The quantitative estimate of drug-likeness (QED) is 0.349. The van der Waals surface area contributed by atoms with E-state index in [1.54, 1.807) is 0 Å². The maximum atomic E-state index is 5.87. The normalized spacial score (nSPS) is 11.5. The molecule has 0 spiro atoms. The molecule has 0 atom stereocenters. The number of rotatable bonds is 0. The summed E-state index contributed by atoms with van der Waals surface area (Å²) >= 11 is 14.1. The first-order valence-electron chi connectivity index (χ1n) is 4.72. The van der Waals surface area contributed by atoms with Crippen molar-refractivity contribution in [1.29, 1.82) is 0 Å². The van der Waals surface area contributed by atoms with Gasteiger partial charge in [0.25, 0.3) is 0 Å². The maximum Gasteiger partial charge on any atom is 0.149 e. The van der Waals surface area contributed by atoms with Gasteiger partial charge in [0.15, 0.2) is 0 Å². The van der Waals surface area contributed by atoms with E-state index >= 15 is 0 Å². The lowest BCUT2D eigenvalue weighted by Crippen LogP contribution is -1.72. The van der Waals surface area contributed by atoms with E-state index in [9.17, 15) is 0 Å². The third-order valence-corrected chi connectivity index (χ3v) is 4.64. The maximum absolute atomic E-state index is 5.87. The summed E-state index contributed by atoms with van der Waals surface area (Å²) in [7, 11) is 0. The first-order chi connectivity index (χ1) is 8.06. The molecule has 1 nitrogen and oxygen atoms in total. The predicted octanol–water partition coefficient (Wildman–Crippen LogP) is 6.64. The molecule has 2 aromatic carbocycles. The van der Waals surface area contributed by atoms with Crippen molar-refractivity contribution in [1.82, 2.24) is 0 Å². The minimum Gasteiger partial charge on any atom is -0.455 e. The van der Waals surface area contributed by atoms with Crippen LogP contribution in [0.25, 0.3) is 21.9 Å². The average molecular weight is 484 g/mol. The molecule has 0 N–H and O–H groups in total. The van der Waals surface area contributed by atoms with Crippen LogP contribution in [0.5, 0.6) is 0 Å². The van der Waals surface area contributed by atoms with Crippen LogP contribution in [0.15, 0.2) is 46.6 Å². The Morgan fingerprint density at radius 3 is 2.18 bits per heavy atom. The Labute approximate surface area is 131 Å². The lowest BCUT2D eigenvalue weighted by atomic mass is 10.1. The lowest BCUT2D eigenvalue weighted by molar-refractivity contribution is 0.666. The fourth-order valence-corrected chi connectivity index (χ4v) is 4.56. The molecule has 0 aliphatic carbocycles. The van der Waals surface area contributed by atoms with Gasteiger partial charge in [0.1, 0.15) is 11.2 Å². The van der Waals surface area contributed by atoms with E-state index in [2.05, 4.69) is 69.8 Å². The number of hydrogen-bond acceptors (Lipinski definition) is 1. The van der Waals surface area contributed by atoms with Gasteiger partial charge >= 0.3 is 0 Å². The van der Waals surface area contributed by atoms with Crippen molar-refractivity contribution >= 4 is 85.7 Å². The van der Waals surface area contributed by atoms with Crippen LogP contribution >= 0.6 is 63.7 Å². The van der Waals surface area contributed by atoms with Crippen molar-refractivity contribution in [2.75, 3.05) is 0 Å². The predicted molar refractivity (Wildman–Crippen MR) is 84.5 cm³/mol. The van der Waals surface area contributed by atoms with Crippen molar-refractivity contribution in [2.45, 2.75) is 0 Å². The summed E-state index contributed by atoms with van der Waals surface area (Å²) in [4.78, 5) is 0. The molecule has 0 amide bonds. The zero-order valence-electron chi connectivity index (χ0n) is 8.23. The van der Waals surface area contributed by atoms with Crippen molar-refractivity contribution in [2.24, 2.45) is 0 Å². The van der Waals surface area contributed by atoms with Gasteiger partial charge in [-0.05, 0) is 56.1 Å². The second-order valence-corrected chi connectivity index (χ2v) is 7.17. The van der Waals surface area contributed by atoms with Crippen LogP contribution in [0.4, 0.5) is 0 Å². The smallest absolute Gasteiger partial charge is 0.149 e. The Balaban J connectivity index is 2.60. The zero-order valence-corrected chi connectivity index (χ0v) is 14.6. The third kappa shape index (κ3) is 2.01. The van der Waals surface area contributed by atoms with Crippen LogP contribution < -0.4 is 0 Å². The standard InChI is InChI=1S/C12H4Br4O/c13-5-1-7-11-8(15)2-6(14)4-10(11)17-12(7)9(16)3-5/h1-4H. The van der Waals surface area contributed by atoms with Crippen LogP contribution in [0.3, 0.4) is 0 Å². The highest BCUT2D eigenvalue weighted by molar-refractivity contribution is 9.11. The summed E-state index contributed by atoms with van der Waals surface area (Å²) in [5.41, 5.74) is 1.72. The van der Waals surface area contributed by atoms with Crippen molar-refractivity contribution in [3.05, 3.63) is 42.2 Å². The molecule has 3 aromatic rings. The molecule has 0 aliphatic heterocycles. The Morgan fingerprint density at radius 2 is 1.41 bits per heavy atom. The van der Waals surface area contributed by atoms with E-state index in [-0.39, 0.29) is 0 Å². The molecule has 0 saturated heterocycles. The number of fused-ring (bicyclic) bond motifs is 3. The number of halogens is 4. The summed E-state index contributed by atoms with van der Waals surface area (Å²) in [6.07, 6.45) is 0. The van der Waals surface area contributed by atoms with E-state index in [1.807, 2.05) is 18.2 Å². The van der Waals surface area contributed by atoms with Crippen LogP contribution in [-0.4, -0.2) is 0 Å². The van der Waals surface area contributed by atoms with Gasteiger partial charge in [0.05, 0.1) is 4.47 Å². The van der Waals surface area contributed by atoms with Gasteiger partial charge in [0, 0.05) is 24.2 Å². The first kappa shape index (κ1) is 12.2. The second-order valence-electron chi connectivity index (χ2n) is 3.63. The minimum atomic E-state index is 0.861. The third-order valence-electron chi connectivity index (χ3n) is 2.51. The Morgan fingerprint density at radius 1 is 0.765 bits per heavy atom. The van der Waals surface area contributed by atoms with E-state index < -0.39 is 0 Å². The second kappa shape index (κ2) is 4.37. The van der Waals surface area contributed by atoms with Crippen molar-refractivity contribution in [3.8, 4) is 0 Å². The van der Waals surface area contributed by atoms with Crippen LogP contribution in [0.2, 0.25) is 0 Å². The summed E-state index contributed by atoms with van der Waals surface area (Å²) in [6.45, 7) is 0. The van der Waals surface area contributed by atoms with Gasteiger partial charge < -0.3 is 4.42 Å². The Hall–Kier alpha value is 0.160. The Bertz CT molecular complexity index is 745. The summed E-state index contributed by atoms with van der Waals surface area (Å²) in [6, 6.07) is 8.03. The Kier molecular flexibility index (Phi) is 3.14. The topological polar surface area (TPSA) is 13.1 Å². The molecule has 1 heterocycles. The zero-order chi connectivity index (χ0) is 12.2. The molecule has 86 valence electrons. The van der Waals surface area contributed by atoms with Crippen LogP contribution in [-0.2, 0) is 0 Å². The molecule has 5 heteroatoms. The highest BCUT2D eigenvalue weighted by Crippen LogP contribution is 2.40. The molecule has 0 aliphatic rings. The SMILES string of the molecule is Brc1cc(Br)c2c(c1)oc1c(Br)cc(Br)cc12. The molecule has 3 rings (SSSR count).